The Morgan fingerprint density at radius 3 is 2.74 bits per heavy atom. The third-order valence-corrected chi connectivity index (χ3v) is 3.67. The molecule has 0 atom stereocenters. The topological polar surface area (TPSA) is 97.5 Å². The van der Waals surface area contributed by atoms with Crippen molar-refractivity contribution in [2.75, 3.05) is 6.54 Å². The maximum absolute atomic E-state index is 12.1. The second kappa shape index (κ2) is 9.36. The monoisotopic (exact) mass is 387 g/mol. The molecule has 0 aliphatic heterocycles. The van der Waals surface area contributed by atoms with E-state index in [2.05, 4.69) is 10.1 Å². The Balaban J connectivity index is 1.97. The van der Waals surface area contributed by atoms with E-state index in [1.807, 2.05) is 6.92 Å². The van der Waals surface area contributed by atoms with E-state index in [9.17, 15) is 23.1 Å². The summed E-state index contributed by atoms with van der Waals surface area (Å²) in [5.41, 5.74) is 1.32. The predicted octanol–water partition coefficient (Wildman–Crippen LogP) is 2.78. The Labute approximate surface area is 153 Å². The Hall–Kier alpha value is -2.62. The van der Waals surface area contributed by atoms with Crippen LogP contribution in [0.25, 0.3) is 0 Å². The number of hydrogen-bond acceptors (Lipinski definition) is 6. The molecule has 0 bridgehead atoms. The SMILES string of the molecule is CCCCc1noc(CO)c1COc1ccc(C(=O)NCC(F)(F)F)cn1. The maximum Gasteiger partial charge on any atom is 0.405 e. The fraction of sp³-hybridized carbons (Fsp3) is 0.471. The molecular formula is C17H20F3N3O4. The summed E-state index contributed by atoms with van der Waals surface area (Å²) >= 11 is 0. The average Bonchev–Trinajstić information content (AvgIpc) is 3.04. The van der Waals surface area contributed by atoms with Crippen LogP contribution in [0, 0.1) is 0 Å². The van der Waals surface area contributed by atoms with Crippen LogP contribution in [0.15, 0.2) is 22.9 Å². The van der Waals surface area contributed by atoms with Crippen LogP contribution in [0.4, 0.5) is 13.2 Å². The molecule has 2 rings (SSSR count). The van der Waals surface area contributed by atoms with Gasteiger partial charge in [-0.3, -0.25) is 4.79 Å². The molecule has 148 valence electrons. The van der Waals surface area contributed by atoms with E-state index in [4.69, 9.17) is 9.26 Å². The lowest BCUT2D eigenvalue weighted by molar-refractivity contribution is -0.123. The largest absolute Gasteiger partial charge is 0.473 e. The first kappa shape index (κ1) is 20.7. The van der Waals surface area contributed by atoms with Gasteiger partial charge in [0.2, 0.25) is 5.88 Å². The van der Waals surface area contributed by atoms with Crippen LogP contribution in [0.3, 0.4) is 0 Å². The van der Waals surface area contributed by atoms with Crippen LogP contribution < -0.4 is 10.1 Å². The molecule has 1 amide bonds. The number of aliphatic hydroxyl groups is 1. The number of amides is 1. The van der Waals surface area contributed by atoms with Crippen molar-refractivity contribution >= 4 is 5.91 Å². The lowest BCUT2D eigenvalue weighted by Crippen LogP contribution is -2.33. The molecule has 0 radical (unpaired) electrons. The zero-order valence-electron chi connectivity index (χ0n) is 14.7. The van der Waals surface area contributed by atoms with Crippen molar-refractivity contribution < 1.29 is 32.3 Å². The molecule has 0 aliphatic rings. The quantitative estimate of drug-likeness (QED) is 0.687. The number of nitrogens with one attached hydrogen (secondary N) is 1. The fourth-order valence-corrected chi connectivity index (χ4v) is 2.24. The number of ether oxygens (including phenoxy) is 1. The average molecular weight is 387 g/mol. The standard InChI is InChI=1S/C17H20F3N3O4/c1-2-3-4-13-12(14(8-24)27-23-13)9-26-15-6-5-11(7-21-15)16(25)22-10-17(18,19)20/h5-7,24H,2-4,8-10H2,1H3,(H,22,25). The fourth-order valence-electron chi connectivity index (χ4n) is 2.24. The van der Waals surface area contributed by atoms with Gasteiger partial charge >= 0.3 is 6.18 Å². The molecular weight excluding hydrogens is 367 g/mol. The van der Waals surface area contributed by atoms with Crippen LogP contribution >= 0.6 is 0 Å². The van der Waals surface area contributed by atoms with Gasteiger partial charge in [0.1, 0.15) is 19.8 Å². The van der Waals surface area contributed by atoms with Crippen molar-refractivity contribution in [3.8, 4) is 5.88 Å². The second-order valence-corrected chi connectivity index (χ2v) is 5.76. The van der Waals surface area contributed by atoms with Gasteiger partial charge in [-0.05, 0) is 18.9 Å². The van der Waals surface area contributed by atoms with Gasteiger partial charge < -0.3 is 19.7 Å². The number of aryl methyl sites for hydroxylation is 1. The van der Waals surface area contributed by atoms with E-state index in [1.165, 1.54) is 12.1 Å². The molecule has 0 unspecified atom stereocenters. The number of halogens is 3. The molecule has 27 heavy (non-hydrogen) atoms. The number of aliphatic hydroxyl groups excluding tert-OH is 1. The summed E-state index contributed by atoms with van der Waals surface area (Å²) in [5.74, 6) is -0.395. The van der Waals surface area contributed by atoms with Crippen molar-refractivity contribution in [1.29, 1.82) is 0 Å². The van der Waals surface area contributed by atoms with E-state index in [-0.39, 0.29) is 24.7 Å². The van der Waals surface area contributed by atoms with Gasteiger partial charge in [-0.25, -0.2) is 4.98 Å². The van der Waals surface area contributed by atoms with Crippen LogP contribution in [-0.4, -0.2) is 33.9 Å². The molecule has 2 heterocycles. The van der Waals surface area contributed by atoms with Crippen molar-refractivity contribution in [3.63, 3.8) is 0 Å². The smallest absolute Gasteiger partial charge is 0.405 e. The van der Waals surface area contributed by atoms with E-state index >= 15 is 0 Å². The first-order valence-corrected chi connectivity index (χ1v) is 8.35. The maximum atomic E-state index is 12.1. The third kappa shape index (κ3) is 6.24. The number of carbonyl (C=O) groups is 1. The second-order valence-electron chi connectivity index (χ2n) is 5.76. The van der Waals surface area contributed by atoms with Crippen LogP contribution in [0.5, 0.6) is 5.88 Å². The lowest BCUT2D eigenvalue weighted by Gasteiger charge is -2.09. The van der Waals surface area contributed by atoms with Gasteiger partial charge in [-0.2, -0.15) is 13.2 Å². The summed E-state index contributed by atoms with van der Waals surface area (Å²) in [6.07, 6.45) is -0.792. The lowest BCUT2D eigenvalue weighted by atomic mass is 10.1. The Kier molecular flexibility index (Phi) is 7.17. The number of pyridine rings is 1. The van der Waals surface area contributed by atoms with Gasteiger partial charge in [0, 0.05) is 12.3 Å². The van der Waals surface area contributed by atoms with Gasteiger partial charge in [0.25, 0.3) is 5.91 Å². The predicted molar refractivity (Wildman–Crippen MR) is 88.0 cm³/mol. The molecule has 10 heteroatoms. The summed E-state index contributed by atoms with van der Waals surface area (Å²) in [6.45, 7) is 0.371. The molecule has 0 saturated carbocycles. The number of rotatable bonds is 9. The summed E-state index contributed by atoms with van der Waals surface area (Å²) in [7, 11) is 0. The van der Waals surface area contributed by atoms with E-state index in [1.54, 1.807) is 5.32 Å². The van der Waals surface area contributed by atoms with E-state index in [0.29, 0.717) is 23.4 Å². The van der Waals surface area contributed by atoms with E-state index in [0.717, 1.165) is 19.0 Å². The number of nitrogens with zero attached hydrogens (tertiary/aromatic N) is 2. The summed E-state index contributed by atoms with van der Waals surface area (Å²) < 4.78 is 47.0. The number of unbranched alkanes of at least 4 members (excludes halogenated alkanes) is 1. The highest BCUT2D eigenvalue weighted by Crippen LogP contribution is 2.19. The Morgan fingerprint density at radius 1 is 1.37 bits per heavy atom. The van der Waals surface area contributed by atoms with Gasteiger partial charge in [0.15, 0.2) is 5.76 Å². The molecule has 0 spiro atoms. The van der Waals surface area contributed by atoms with Gasteiger partial charge in [-0.15, -0.1) is 0 Å². The minimum atomic E-state index is -4.48. The number of aromatic nitrogens is 2. The van der Waals surface area contributed by atoms with Crippen molar-refractivity contribution in [1.82, 2.24) is 15.5 Å². The summed E-state index contributed by atoms with van der Waals surface area (Å²) in [4.78, 5) is 15.5. The number of carbonyl (C=O) groups excluding carboxylic acids is 1. The first-order valence-electron chi connectivity index (χ1n) is 8.35. The van der Waals surface area contributed by atoms with Crippen molar-refractivity contribution in [3.05, 3.63) is 40.9 Å². The molecule has 7 nitrogen and oxygen atoms in total. The van der Waals surface area contributed by atoms with Gasteiger partial charge in [0.05, 0.1) is 16.8 Å². The molecule has 0 saturated heterocycles. The number of hydrogen-bond donors (Lipinski definition) is 2. The van der Waals surface area contributed by atoms with E-state index < -0.39 is 18.6 Å². The summed E-state index contributed by atoms with van der Waals surface area (Å²) in [6, 6.07) is 2.69. The Morgan fingerprint density at radius 2 is 2.15 bits per heavy atom. The van der Waals surface area contributed by atoms with Gasteiger partial charge in [-0.1, -0.05) is 18.5 Å². The first-order chi connectivity index (χ1) is 12.8. The normalized spacial score (nSPS) is 11.4. The van der Waals surface area contributed by atoms with Crippen molar-refractivity contribution in [2.24, 2.45) is 0 Å². The highest BCUT2D eigenvalue weighted by atomic mass is 19.4. The summed E-state index contributed by atoms with van der Waals surface area (Å²) in [5, 5.41) is 15.0. The molecule has 2 aromatic heterocycles. The molecule has 0 aromatic carbocycles. The minimum absolute atomic E-state index is 0.0174. The zero-order valence-corrected chi connectivity index (χ0v) is 14.7. The molecule has 2 aromatic rings. The van der Waals surface area contributed by atoms with Crippen LogP contribution in [0.2, 0.25) is 0 Å². The zero-order chi connectivity index (χ0) is 19.9. The highest BCUT2D eigenvalue weighted by Gasteiger charge is 2.28. The molecule has 2 N–H and O–H groups in total. The minimum Gasteiger partial charge on any atom is -0.473 e. The van der Waals surface area contributed by atoms with Crippen molar-refractivity contribution in [2.45, 2.75) is 45.6 Å². The third-order valence-electron chi connectivity index (χ3n) is 3.67. The van der Waals surface area contributed by atoms with Crippen LogP contribution in [-0.2, 0) is 19.6 Å². The van der Waals surface area contributed by atoms with Crippen LogP contribution in [0.1, 0.15) is 47.1 Å². The Bertz CT molecular complexity index is 745. The number of alkyl halides is 3. The highest BCUT2D eigenvalue weighted by molar-refractivity contribution is 5.93. The molecule has 0 aliphatic carbocycles. The molecule has 0 fully saturated rings.